The molecule has 2 nitrogen and oxygen atoms in total. The first-order valence-corrected chi connectivity index (χ1v) is 9.77. The Hall–Kier alpha value is -1.26. The van der Waals surface area contributed by atoms with Crippen molar-refractivity contribution in [1.29, 1.82) is 0 Å². The van der Waals surface area contributed by atoms with E-state index in [0.717, 1.165) is 17.6 Å². The summed E-state index contributed by atoms with van der Waals surface area (Å²) in [5.41, 5.74) is 3.62. The molecule has 1 heterocycles. The van der Waals surface area contributed by atoms with Gasteiger partial charge in [-0.15, -0.1) is 0 Å². The monoisotopic (exact) mass is 255 g/mol. The van der Waals surface area contributed by atoms with Crippen LogP contribution in [0.2, 0.25) is 19.6 Å². The average molecular weight is 255 g/mol. The highest BCUT2D eigenvalue weighted by Gasteiger charge is 2.28. The molecule has 0 saturated carbocycles. The predicted molar refractivity (Wildman–Crippen MR) is 77.6 cm³/mol. The molecule has 0 aromatic heterocycles. The molecule has 1 aromatic carbocycles. The van der Waals surface area contributed by atoms with E-state index in [9.17, 15) is 0 Å². The summed E-state index contributed by atoms with van der Waals surface area (Å²) in [4.78, 5) is 10.3. The highest BCUT2D eigenvalue weighted by molar-refractivity contribution is 6.84. The molecule has 2 aliphatic rings. The van der Waals surface area contributed by atoms with Gasteiger partial charge in [0.15, 0.2) is 5.75 Å². The van der Waals surface area contributed by atoms with Crippen LogP contribution in [0.15, 0.2) is 35.5 Å². The maximum absolute atomic E-state index is 5.30. The second-order valence-electron chi connectivity index (χ2n) is 5.77. The number of allylic oxidation sites excluding steroid dienone is 4. The summed E-state index contributed by atoms with van der Waals surface area (Å²) in [7, 11) is 0.346. The second-order valence-corrected chi connectivity index (χ2v) is 10.8. The molecule has 1 aliphatic heterocycles. The maximum Gasteiger partial charge on any atom is 0.402 e. The molecule has 1 aliphatic carbocycles. The predicted octanol–water partition coefficient (Wildman–Crippen LogP) is 2.85. The lowest BCUT2D eigenvalue weighted by atomic mass is 9.86. The first-order chi connectivity index (χ1) is 8.57. The van der Waals surface area contributed by atoms with Gasteiger partial charge in [0.05, 0.1) is 8.07 Å². The number of hydrogen-bond acceptors (Lipinski definition) is 2. The van der Waals surface area contributed by atoms with Crippen LogP contribution in [0.25, 0.3) is 5.57 Å². The van der Waals surface area contributed by atoms with Crippen molar-refractivity contribution < 1.29 is 9.69 Å². The lowest BCUT2D eigenvalue weighted by Gasteiger charge is -2.20. The molecule has 0 atom stereocenters. The zero-order valence-electron chi connectivity index (χ0n) is 11.0. The van der Waals surface area contributed by atoms with Crippen molar-refractivity contribution in [2.75, 3.05) is 0 Å². The van der Waals surface area contributed by atoms with Crippen LogP contribution in [0, 0.1) is 0 Å². The van der Waals surface area contributed by atoms with Crippen LogP contribution in [0.3, 0.4) is 0 Å². The maximum atomic E-state index is 5.30. The summed E-state index contributed by atoms with van der Waals surface area (Å²) < 4.78 is 0. The van der Waals surface area contributed by atoms with Crippen LogP contribution < -0.4 is 10.4 Å². The summed E-state index contributed by atoms with van der Waals surface area (Å²) in [5, 5.41) is 1.52. The van der Waals surface area contributed by atoms with Gasteiger partial charge in [-0.3, -0.25) is 4.81 Å². The summed E-state index contributed by atoms with van der Waals surface area (Å²) in [6.07, 6.45) is 5.54. The van der Waals surface area contributed by atoms with Crippen molar-refractivity contribution in [1.82, 2.24) is 0 Å². The molecular formula is C14H16BO2Si. The minimum Gasteiger partial charge on any atom is -0.354 e. The zero-order valence-corrected chi connectivity index (χ0v) is 12.0. The van der Waals surface area contributed by atoms with Gasteiger partial charge in [0.25, 0.3) is 0 Å². The van der Waals surface area contributed by atoms with Gasteiger partial charge in [0.1, 0.15) is 0 Å². The van der Waals surface area contributed by atoms with Crippen molar-refractivity contribution in [2.24, 2.45) is 0 Å². The van der Waals surface area contributed by atoms with E-state index in [1.165, 1.54) is 16.3 Å². The quantitative estimate of drug-likeness (QED) is 0.597. The molecule has 1 aromatic rings. The molecule has 18 heavy (non-hydrogen) atoms. The average Bonchev–Trinajstić information content (AvgIpc) is 2.96. The molecule has 0 amide bonds. The first-order valence-electron chi connectivity index (χ1n) is 6.27. The van der Waals surface area contributed by atoms with Gasteiger partial charge in [-0.25, -0.2) is 0 Å². The van der Waals surface area contributed by atoms with Crippen LogP contribution in [-0.4, -0.2) is 15.6 Å². The minimum absolute atomic E-state index is 0.868. The second kappa shape index (κ2) is 4.14. The van der Waals surface area contributed by atoms with E-state index in [4.69, 9.17) is 9.69 Å². The Labute approximate surface area is 110 Å². The Balaban J connectivity index is 2.14. The molecule has 0 saturated heterocycles. The molecule has 3 rings (SSSR count). The largest absolute Gasteiger partial charge is 0.402 e. The van der Waals surface area contributed by atoms with Gasteiger partial charge < -0.3 is 4.89 Å². The van der Waals surface area contributed by atoms with Gasteiger partial charge in [0, 0.05) is 5.56 Å². The first kappa shape index (κ1) is 11.8. The molecule has 4 heteroatoms. The van der Waals surface area contributed by atoms with Gasteiger partial charge in [-0.2, -0.15) is 0 Å². The molecule has 0 bridgehead atoms. The number of fused-ring (bicyclic) bond motifs is 1. The van der Waals surface area contributed by atoms with Crippen LogP contribution in [0.5, 0.6) is 5.75 Å². The third-order valence-corrected chi connectivity index (χ3v) is 5.50. The Morgan fingerprint density at radius 3 is 2.83 bits per heavy atom. The molecule has 0 N–H and O–H groups in total. The molecule has 0 unspecified atom stereocenters. The van der Waals surface area contributed by atoms with E-state index in [1.807, 2.05) is 6.07 Å². The molecule has 91 valence electrons. The fourth-order valence-electron chi connectivity index (χ4n) is 2.57. The van der Waals surface area contributed by atoms with Crippen molar-refractivity contribution in [3.05, 3.63) is 41.1 Å². The van der Waals surface area contributed by atoms with Gasteiger partial charge in [0.2, 0.25) is 0 Å². The van der Waals surface area contributed by atoms with E-state index < -0.39 is 8.07 Å². The van der Waals surface area contributed by atoms with E-state index in [1.54, 1.807) is 7.48 Å². The van der Waals surface area contributed by atoms with Crippen LogP contribution in [0.4, 0.5) is 0 Å². The normalized spacial score (nSPS) is 17.7. The topological polar surface area (TPSA) is 18.5 Å². The summed E-state index contributed by atoms with van der Waals surface area (Å²) in [6.45, 7) is 7.14. The van der Waals surface area contributed by atoms with Gasteiger partial charge in [-0.1, -0.05) is 55.2 Å². The summed E-state index contributed by atoms with van der Waals surface area (Å²) in [6, 6.07) is 6.21. The number of benzene rings is 1. The summed E-state index contributed by atoms with van der Waals surface area (Å²) >= 11 is 0. The third-order valence-electron chi connectivity index (χ3n) is 3.42. The fourth-order valence-corrected chi connectivity index (χ4v) is 4.33. The molecule has 1 radical (unpaired) electrons. The highest BCUT2D eigenvalue weighted by Crippen LogP contribution is 2.38. The Bertz CT molecular complexity index is 555. The lowest BCUT2D eigenvalue weighted by Crippen LogP contribution is -2.23. The smallest absolute Gasteiger partial charge is 0.354 e. The third kappa shape index (κ3) is 1.85. The fraction of sp³-hybridized carbons (Fsp3) is 0.286. The van der Waals surface area contributed by atoms with Crippen molar-refractivity contribution in [2.45, 2.75) is 26.1 Å². The highest BCUT2D eigenvalue weighted by atomic mass is 28.3. The van der Waals surface area contributed by atoms with Crippen molar-refractivity contribution >= 4 is 26.6 Å². The number of rotatable bonds is 2. The minimum atomic E-state index is -1.32. The lowest BCUT2D eigenvalue weighted by molar-refractivity contribution is -0.0862. The molecule has 0 spiro atoms. The van der Waals surface area contributed by atoms with E-state index >= 15 is 0 Å². The summed E-state index contributed by atoms with van der Waals surface area (Å²) in [5.74, 6) is 0.868. The van der Waals surface area contributed by atoms with Gasteiger partial charge in [-0.05, 0) is 17.5 Å². The molecule has 0 fully saturated rings. The number of hydrogen-bond donors (Lipinski definition) is 0. The Morgan fingerprint density at radius 1 is 1.22 bits per heavy atom. The molecular weight excluding hydrogens is 239 g/mol. The Kier molecular flexibility index (Phi) is 2.72. The van der Waals surface area contributed by atoms with E-state index in [-0.39, 0.29) is 0 Å². The van der Waals surface area contributed by atoms with Crippen molar-refractivity contribution in [3.63, 3.8) is 0 Å². The van der Waals surface area contributed by atoms with Crippen LogP contribution in [-0.2, 0) is 4.81 Å². The Morgan fingerprint density at radius 2 is 2.06 bits per heavy atom. The SMILES string of the molecule is C[Si](C)(C)C1=C(c2cccc3c2OO[B]3)CC=C1. The van der Waals surface area contributed by atoms with E-state index in [2.05, 4.69) is 43.9 Å². The van der Waals surface area contributed by atoms with Crippen LogP contribution in [0.1, 0.15) is 12.0 Å². The zero-order chi connectivity index (χ0) is 12.8. The number of para-hydroxylation sites is 1. The van der Waals surface area contributed by atoms with Gasteiger partial charge >= 0.3 is 7.48 Å². The standard InChI is InChI=1S/C14H16BO2Si/c1-18(2,3)13-9-5-6-10(13)11-7-4-8-12-14(11)16-17-15-12/h4-5,7-9H,6H2,1-3H3. The van der Waals surface area contributed by atoms with Crippen LogP contribution >= 0.6 is 0 Å². The van der Waals surface area contributed by atoms with Crippen molar-refractivity contribution in [3.8, 4) is 5.75 Å². The van der Waals surface area contributed by atoms with E-state index in [0.29, 0.717) is 0 Å².